The van der Waals surface area contributed by atoms with Gasteiger partial charge < -0.3 is 9.52 Å². The van der Waals surface area contributed by atoms with Gasteiger partial charge in [0.05, 0.1) is 6.10 Å². The Morgan fingerprint density at radius 2 is 1.74 bits per heavy atom. The van der Waals surface area contributed by atoms with Crippen molar-refractivity contribution in [3.05, 3.63) is 48.0 Å². The molecule has 98 valence electrons. The Morgan fingerprint density at radius 3 is 2.53 bits per heavy atom. The molecule has 2 heteroatoms. The number of aliphatic hydroxyl groups excluding tert-OH is 1. The minimum Gasteiger partial charge on any atom is -0.456 e. The molecule has 0 saturated heterocycles. The third kappa shape index (κ3) is 2.24. The van der Waals surface area contributed by atoms with Gasteiger partial charge in [-0.2, -0.15) is 0 Å². The number of rotatable bonds is 3. The molecule has 2 aromatic carbocycles. The molecule has 0 aliphatic rings. The molecule has 0 aliphatic heterocycles. The molecule has 0 aliphatic carbocycles. The molecule has 3 rings (SSSR count). The highest BCUT2D eigenvalue weighted by atomic mass is 16.3. The van der Waals surface area contributed by atoms with Gasteiger partial charge in [0, 0.05) is 10.8 Å². The van der Waals surface area contributed by atoms with Crippen molar-refractivity contribution in [2.24, 2.45) is 5.92 Å². The van der Waals surface area contributed by atoms with E-state index in [9.17, 15) is 5.11 Å². The minimum absolute atomic E-state index is 0.405. The highest BCUT2D eigenvalue weighted by molar-refractivity contribution is 6.04. The number of fused-ring (bicyclic) bond motifs is 3. The van der Waals surface area contributed by atoms with E-state index < -0.39 is 6.10 Å². The molecular formula is C17H18O2. The molecule has 1 heterocycles. The number of benzene rings is 2. The van der Waals surface area contributed by atoms with Gasteiger partial charge in [-0.05, 0) is 36.1 Å². The Kier molecular flexibility index (Phi) is 3.03. The fourth-order valence-corrected chi connectivity index (χ4v) is 2.53. The second-order valence-electron chi connectivity index (χ2n) is 5.50. The number of hydrogen-bond donors (Lipinski definition) is 1. The molecule has 0 amide bonds. The standard InChI is InChI=1S/C17H18O2/c1-11(2)9-15(18)12-7-8-17-14(10-12)13-5-3-4-6-16(13)19-17/h3-8,10-11,15,18H,9H2,1-2H3. The highest BCUT2D eigenvalue weighted by Gasteiger charge is 2.13. The van der Waals surface area contributed by atoms with E-state index in [1.54, 1.807) is 0 Å². The zero-order valence-corrected chi connectivity index (χ0v) is 11.3. The topological polar surface area (TPSA) is 33.4 Å². The van der Waals surface area contributed by atoms with Crippen molar-refractivity contribution in [1.29, 1.82) is 0 Å². The molecule has 1 atom stereocenters. The van der Waals surface area contributed by atoms with Crippen molar-refractivity contribution in [3.63, 3.8) is 0 Å². The van der Waals surface area contributed by atoms with Gasteiger partial charge in [-0.1, -0.05) is 38.1 Å². The second kappa shape index (κ2) is 4.71. The monoisotopic (exact) mass is 254 g/mol. The van der Waals surface area contributed by atoms with Crippen LogP contribution in [0.1, 0.15) is 31.9 Å². The lowest BCUT2D eigenvalue weighted by Gasteiger charge is -2.13. The van der Waals surface area contributed by atoms with Crippen LogP contribution in [0.4, 0.5) is 0 Å². The summed E-state index contributed by atoms with van der Waals surface area (Å²) in [6.45, 7) is 4.24. The maximum Gasteiger partial charge on any atom is 0.135 e. The fraction of sp³-hybridized carbons (Fsp3) is 0.294. The lowest BCUT2D eigenvalue weighted by atomic mass is 9.98. The summed E-state index contributed by atoms with van der Waals surface area (Å²) in [6, 6.07) is 14.0. The molecule has 1 N–H and O–H groups in total. The summed E-state index contributed by atoms with van der Waals surface area (Å²) in [7, 11) is 0. The maximum atomic E-state index is 10.2. The molecule has 1 unspecified atom stereocenters. The third-order valence-corrected chi connectivity index (χ3v) is 3.48. The predicted molar refractivity (Wildman–Crippen MR) is 78.1 cm³/mol. The van der Waals surface area contributed by atoms with E-state index >= 15 is 0 Å². The van der Waals surface area contributed by atoms with E-state index in [1.165, 1.54) is 0 Å². The lowest BCUT2D eigenvalue weighted by molar-refractivity contribution is 0.151. The van der Waals surface area contributed by atoms with Crippen LogP contribution in [0.3, 0.4) is 0 Å². The Balaban J connectivity index is 2.11. The minimum atomic E-state index is -0.405. The van der Waals surface area contributed by atoms with Crippen LogP contribution in [-0.4, -0.2) is 5.11 Å². The largest absolute Gasteiger partial charge is 0.456 e. The van der Waals surface area contributed by atoms with Crippen LogP contribution in [0.25, 0.3) is 21.9 Å². The molecule has 19 heavy (non-hydrogen) atoms. The third-order valence-electron chi connectivity index (χ3n) is 3.48. The SMILES string of the molecule is CC(C)CC(O)c1ccc2oc3ccccc3c2c1. The van der Waals surface area contributed by atoms with Gasteiger partial charge in [-0.25, -0.2) is 0 Å². The van der Waals surface area contributed by atoms with Crippen molar-refractivity contribution in [2.45, 2.75) is 26.4 Å². The number of aliphatic hydroxyl groups is 1. The summed E-state index contributed by atoms with van der Waals surface area (Å²) in [5.41, 5.74) is 2.74. The highest BCUT2D eigenvalue weighted by Crippen LogP contribution is 2.31. The average Bonchev–Trinajstić information content (AvgIpc) is 2.75. The summed E-state index contributed by atoms with van der Waals surface area (Å²) >= 11 is 0. The molecule has 0 radical (unpaired) electrons. The first kappa shape index (κ1) is 12.2. The quantitative estimate of drug-likeness (QED) is 0.737. The lowest BCUT2D eigenvalue weighted by Crippen LogP contribution is -2.01. The van der Waals surface area contributed by atoms with Gasteiger partial charge >= 0.3 is 0 Å². The van der Waals surface area contributed by atoms with Crippen LogP contribution < -0.4 is 0 Å². The van der Waals surface area contributed by atoms with Gasteiger partial charge in [0.1, 0.15) is 11.2 Å². The molecule has 0 fully saturated rings. The zero-order valence-electron chi connectivity index (χ0n) is 11.3. The van der Waals surface area contributed by atoms with Crippen LogP contribution in [0.2, 0.25) is 0 Å². The van der Waals surface area contributed by atoms with Crippen molar-refractivity contribution in [2.75, 3.05) is 0 Å². The molecule has 1 aromatic heterocycles. The van der Waals surface area contributed by atoms with Gasteiger partial charge in [-0.3, -0.25) is 0 Å². The molecule has 2 nitrogen and oxygen atoms in total. The smallest absolute Gasteiger partial charge is 0.135 e. The van der Waals surface area contributed by atoms with E-state index in [-0.39, 0.29) is 0 Å². The van der Waals surface area contributed by atoms with Gasteiger partial charge in [0.25, 0.3) is 0 Å². The first-order chi connectivity index (χ1) is 9.15. The first-order valence-corrected chi connectivity index (χ1v) is 6.74. The van der Waals surface area contributed by atoms with Crippen LogP contribution in [-0.2, 0) is 0 Å². The number of hydrogen-bond acceptors (Lipinski definition) is 2. The van der Waals surface area contributed by atoms with Crippen LogP contribution >= 0.6 is 0 Å². The van der Waals surface area contributed by atoms with Crippen LogP contribution in [0.5, 0.6) is 0 Å². The van der Waals surface area contributed by atoms with Crippen molar-refractivity contribution in [3.8, 4) is 0 Å². The average molecular weight is 254 g/mol. The Labute approximate surface area is 112 Å². The van der Waals surface area contributed by atoms with Crippen molar-refractivity contribution in [1.82, 2.24) is 0 Å². The van der Waals surface area contributed by atoms with Crippen molar-refractivity contribution < 1.29 is 9.52 Å². The normalized spacial score (nSPS) is 13.5. The first-order valence-electron chi connectivity index (χ1n) is 6.74. The molecule has 0 spiro atoms. The van der Waals surface area contributed by atoms with Crippen LogP contribution in [0.15, 0.2) is 46.9 Å². The van der Waals surface area contributed by atoms with E-state index in [2.05, 4.69) is 19.9 Å². The fourth-order valence-electron chi connectivity index (χ4n) is 2.53. The predicted octanol–water partition coefficient (Wildman–Crippen LogP) is 4.67. The van der Waals surface area contributed by atoms with Gasteiger partial charge in [0.2, 0.25) is 0 Å². The zero-order chi connectivity index (χ0) is 13.4. The molecule has 0 bridgehead atoms. The molecule has 0 saturated carbocycles. The van der Waals surface area contributed by atoms with Crippen LogP contribution in [0, 0.1) is 5.92 Å². The summed E-state index contributed by atoms with van der Waals surface area (Å²) in [5.74, 6) is 0.479. The Bertz CT molecular complexity index is 709. The van der Waals surface area contributed by atoms with Crippen molar-refractivity contribution >= 4 is 21.9 Å². The summed E-state index contributed by atoms with van der Waals surface area (Å²) in [5, 5.41) is 12.4. The van der Waals surface area contributed by atoms with E-state index in [4.69, 9.17) is 4.42 Å². The molecular weight excluding hydrogens is 236 g/mol. The summed E-state index contributed by atoms with van der Waals surface area (Å²) in [6.07, 6.45) is 0.374. The van der Waals surface area contributed by atoms with E-state index in [0.717, 1.165) is 33.9 Å². The maximum absolute atomic E-state index is 10.2. The molecule has 3 aromatic rings. The second-order valence-corrected chi connectivity index (χ2v) is 5.50. The van der Waals surface area contributed by atoms with E-state index in [1.807, 2.05) is 36.4 Å². The summed E-state index contributed by atoms with van der Waals surface area (Å²) in [4.78, 5) is 0. The van der Waals surface area contributed by atoms with E-state index in [0.29, 0.717) is 5.92 Å². The summed E-state index contributed by atoms with van der Waals surface area (Å²) < 4.78 is 5.79. The van der Waals surface area contributed by atoms with Gasteiger partial charge in [-0.15, -0.1) is 0 Å². The Morgan fingerprint density at radius 1 is 1.00 bits per heavy atom. The number of para-hydroxylation sites is 1. The number of furan rings is 1. The van der Waals surface area contributed by atoms with Gasteiger partial charge in [0.15, 0.2) is 0 Å². The Hall–Kier alpha value is -1.80.